The zero-order chi connectivity index (χ0) is 13.8. The number of hydrogen-bond donors (Lipinski definition) is 1. The molecule has 0 bridgehead atoms. The van der Waals surface area contributed by atoms with E-state index in [-0.39, 0.29) is 11.9 Å². The maximum absolute atomic E-state index is 12.4. The molecule has 104 valence electrons. The van der Waals surface area contributed by atoms with E-state index in [1.807, 2.05) is 43.3 Å². The molecule has 1 aliphatic carbocycles. The Kier molecular flexibility index (Phi) is 4.83. The quantitative estimate of drug-likeness (QED) is 0.920. The van der Waals surface area contributed by atoms with E-state index in [1.54, 1.807) is 0 Å². The van der Waals surface area contributed by atoms with E-state index < -0.39 is 0 Å². The Morgan fingerprint density at radius 2 is 1.84 bits per heavy atom. The van der Waals surface area contributed by atoms with E-state index in [2.05, 4.69) is 5.32 Å². The minimum atomic E-state index is -0.252. The Bertz CT molecular complexity index is 424. The van der Waals surface area contributed by atoms with Crippen molar-refractivity contribution < 1.29 is 4.79 Å². The molecule has 1 N–H and O–H groups in total. The van der Waals surface area contributed by atoms with Crippen LogP contribution in [0.2, 0.25) is 5.02 Å². The van der Waals surface area contributed by atoms with Crippen LogP contribution >= 0.6 is 11.6 Å². The Labute approximate surface area is 119 Å². The summed E-state index contributed by atoms with van der Waals surface area (Å²) >= 11 is 5.90. The van der Waals surface area contributed by atoms with Gasteiger partial charge in [0.05, 0.1) is 0 Å². The summed E-state index contributed by atoms with van der Waals surface area (Å²) in [7, 11) is 3.85. The first-order chi connectivity index (χ1) is 9.08. The van der Waals surface area contributed by atoms with E-state index >= 15 is 0 Å². The number of carbonyl (C=O) groups excluding carboxylic acids is 1. The number of halogens is 1. The van der Waals surface area contributed by atoms with Gasteiger partial charge in [0.2, 0.25) is 5.91 Å². The summed E-state index contributed by atoms with van der Waals surface area (Å²) in [5, 5.41) is 3.85. The first-order valence-electron chi connectivity index (χ1n) is 6.80. The maximum atomic E-state index is 12.4. The second-order valence-corrected chi connectivity index (χ2v) is 5.84. The summed E-state index contributed by atoms with van der Waals surface area (Å²) in [4.78, 5) is 14.4. The molecule has 1 fully saturated rings. The number of rotatable bonds is 4. The third-order valence-electron chi connectivity index (χ3n) is 3.65. The number of hydrogen-bond acceptors (Lipinski definition) is 2. The van der Waals surface area contributed by atoms with Gasteiger partial charge in [-0.15, -0.1) is 0 Å². The van der Waals surface area contributed by atoms with Gasteiger partial charge in [0.15, 0.2) is 0 Å². The summed E-state index contributed by atoms with van der Waals surface area (Å²) < 4.78 is 0. The van der Waals surface area contributed by atoms with Crippen molar-refractivity contribution in [1.29, 1.82) is 0 Å². The van der Waals surface area contributed by atoms with Crippen molar-refractivity contribution in [1.82, 2.24) is 10.2 Å². The van der Waals surface area contributed by atoms with Gasteiger partial charge in [0.25, 0.3) is 0 Å². The van der Waals surface area contributed by atoms with Crippen molar-refractivity contribution in [2.45, 2.75) is 37.8 Å². The highest BCUT2D eigenvalue weighted by molar-refractivity contribution is 6.30. The molecule has 0 spiro atoms. The molecular formula is C15H21ClN2O. The SMILES string of the molecule is CN(C)C(C(=O)NC1CCCC1)c1ccc(Cl)cc1. The van der Waals surface area contributed by atoms with Crippen LogP contribution in [0.3, 0.4) is 0 Å². The van der Waals surface area contributed by atoms with Gasteiger partial charge in [-0.3, -0.25) is 9.69 Å². The molecule has 1 unspecified atom stereocenters. The minimum absolute atomic E-state index is 0.0826. The van der Waals surface area contributed by atoms with E-state index in [0.29, 0.717) is 11.1 Å². The predicted molar refractivity (Wildman–Crippen MR) is 78.3 cm³/mol. The molecule has 0 radical (unpaired) electrons. The summed E-state index contributed by atoms with van der Waals surface area (Å²) in [6, 6.07) is 7.59. The molecule has 1 atom stereocenters. The van der Waals surface area contributed by atoms with Crippen LogP contribution in [0.15, 0.2) is 24.3 Å². The van der Waals surface area contributed by atoms with Crippen LogP contribution in [0, 0.1) is 0 Å². The molecule has 1 aromatic carbocycles. The molecule has 0 heterocycles. The number of carbonyl (C=O) groups is 1. The average molecular weight is 281 g/mol. The van der Waals surface area contributed by atoms with E-state index in [9.17, 15) is 4.79 Å². The van der Waals surface area contributed by atoms with E-state index in [1.165, 1.54) is 12.8 Å². The first-order valence-corrected chi connectivity index (χ1v) is 7.18. The summed E-state index contributed by atoms with van der Waals surface area (Å²) in [5.74, 6) is 0.0826. The zero-order valence-electron chi connectivity index (χ0n) is 11.5. The Morgan fingerprint density at radius 3 is 2.37 bits per heavy atom. The lowest BCUT2D eigenvalue weighted by Crippen LogP contribution is -2.41. The highest BCUT2D eigenvalue weighted by atomic mass is 35.5. The number of amides is 1. The lowest BCUT2D eigenvalue weighted by Gasteiger charge is -2.25. The molecule has 1 saturated carbocycles. The van der Waals surface area contributed by atoms with Crippen LogP contribution in [0.4, 0.5) is 0 Å². The van der Waals surface area contributed by atoms with Crippen LogP contribution in [0.25, 0.3) is 0 Å². The lowest BCUT2D eigenvalue weighted by atomic mass is 10.0. The first kappa shape index (κ1) is 14.4. The molecule has 0 saturated heterocycles. The molecule has 19 heavy (non-hydrogen) atoms. The van der Waals surface area contributed by atoms with E-state index in [0.717, 1.165) is 18.4 Å². The van der Waals surface area contributed by atoms with Crippen LogP contribution < -0.4 is 5.32 Å². The third-order valence-corrected chi connectivity index (χ3v) is 3.90. The van der Waals surface area contributed by atoms with Crippen molar-refractivity contribution in [3.8, 4) is 0 Å². The molecule has 1 aromatic rings. The predicted octanol–water partition coefficient (Wildman–Crippen LogP) is 3.00. The van der Waals surface area contributed by atoms with Crippen LogP contribution in [-0.2, 0) is 4.79 Å². The lowest BCUT2D eigenvalue weighted by molar-refractivity contribution is -0.126. The summed E-state index contributed by atoms with van der Waals surface area (Å²) in [6.07, 6.45) is 4.65. The van der Waals surface area contributed by atoms with Gasteiger partial charge in [-0.1, -0.05) is 36.6 Å². The normalized spacial score (nSPS) is 17.7. The Balaban J connectivity index is 2.10. The molecule has 4 heteroatoms. The monoisotopic (exact) mass is 280 g/mol. The highest BCUT2D eigenvalue weighted by Gasteiger charge is 2.26. The molecule has 1 aliphatic rings. The van der Waals surface area contributed by atoms with Gasteiger partial charge >= 0.3 is 0 Å². The van der Waals surface area contributed by atoms with E-state index in [4.69, 9.17) is 11.6 Å². The number of benzene rings is 1. The van der Waals surface area contributed by atoms with Gasteiger partial charge in [0.1, 0.15) is 6.04 Å². The molecule has 1 amide bonds. The third kappa shape index (κ3) is 3.71. The van der Waals surface area contributed by atoms with Crippen LogP contribution in [0.1, 0.15) is 37.3 Å². The van der Waals surface area contributed by atoms with Gasteiger partial charge in [-0.2, -0.15) is 0 Å². The van der Waals surface area contributed by atoms with Crippen molar-refractivity contribution in [3.63, 3.8) is 0 Å². The summed E-state index contributed by atoms with van der Waals surface area (Å²) in [5.41, 5.74) is 0.977. The second-order valence-electron chi connectivity index (χ2n) is 5.41. The van der Waals surface area contributed by atoms with Crippen molar-refractivity contribution in [3.05, 3.63) is 34.9 Å². The smallest absolute Gasteiger partial charge is 0.242 e. The highest BCUT2D eigenvalue weighted by Crippen LogP contribution is 2.23. The minimum Gasteiger partial charge on any atom is -0.352 e. The number of likely N-dealkylation sites (N-methyl/N-ethyl adjacent to an activating group) is 1. The van der Waals surface area contributed by atoms with Crippen LogP contribution in [-0.4, -0.2) is 30.9 Å². The molecule has 0 aromatic heterocycles. The van der Waals surface area contributed by atoms with Gasteiger partial charge in [0, 0.05) is 11.1 Å². The molecule has 3 nitrogen and oxygen atoms in total. The van der Waals surface area contributed by atoms with Gasteiger partial charge in [-0.25, -0.2) is 0 Å². The van der Waals surface area contributed by atoms with Crippen molar-refractivity contribution >= 4 is 17.5 Å². The zero-order valence-corrected chi connectivity index (χ0v) is 12.3. The standard InChI is InChI=1S/C15H21ClN2O/c1-18(2)14(11-7-9-12(16)10-8-11)15(19)17-13-5-3-4-6-13/h7-10,13-14H,3-6H2,1-2H3,(H,17,19). The van der Waals surface area contributed by atoms with Crippen molar-refractivity contribution in [2.24, 2.45) is 0 Å². The Morgan fingerprint density at radius 1 is 1.26 bits per heavy atom. The summed E-state index contributed by atoms with van der Waals surface area (Å²) in [6.45, 7) is 0. The second kappa shape index (κ2) is 6.40. The average Bonchev–Trinajstić information content (AvgIpc) is 2.84. The molecular weight excluding hydrogens is 260 g/mol. The molecule has 0 aliphatic heterocycles. The Hall–Kier alpha value is -1.06. The van der Waals surface area contributed by atoms with Crippen LogP contribution in [0.5, 0.6) is 0 Å². The fraction of sp³-hybridized carbons (Fsp3) is 0.533. The fourth-order valence-electron chi connectivity index (χ4n) is 2.68. The van der Waals surface area contributed by atoms with Crippen molar-refractivity contribution in [2.75, 3.05) is 14.1 Å². The fourth-order valence-corrected chi connectivity index (χ4v) is 2.81. The number of nitrogens with one attached hydrogen (secondary N) is 1. The topological polar surface area (TPSA) is 32.3 Å². The van der Waals surface area contributed by atoms with Gasteiger partial charge < -0.3 is 5.32 Å². The maximum Gasteiger partial charge on any atom is 0.242 e. The molecule has 2 rings (SSSR count). The number of nitrogens with zero attached hydrogens (tertiary/aromatic N) is 1. The van der Waals surface area contributed by atoms with Gasteiger partial charge in [-0.05, 0) is 44.6 Å². The largest absolute Gasteiger partial charge is 0.352 e.